The fourth-order valence-corrected chi connectivity index (χ4v) is 3.54. The number of hydrogen-bond acceptors (Lipinski definition) is 4. The average Bonchev–Trinajstić information content (AvgIpc) is 2.62. The first-order chi connectivity index (χ1) is 9.15. The Morgan fingerprint density at radius 3 is 2.16 bits per heavy atom. The van der Waals surface area contributed by atoms with E-state index in [2.05, 4.69) is 11.9 Å². The Morgan fingerprint density at radius 2 is 1.68 bits per heavy atom. The molecule has 2 fully saturated rings. The summed E-state index contributed by atoms with van der Waals surface area (Å²) < 4.78 is 11.0. The smallest absolute Gasteiger partial charge is 0.164 e. The number of Topliss-reactive ketones (excluding diaryl/α,β-unsaturated/α-hetero) is 1. The second-order valence-electron chi connectivity index (χ2n) is 5.73. The lowest BCUT2D eigenvalue weighted by Crippen LogP contribution is -2.42. The molecule has 2 rings (SSSR count). The zero-order valence-corrected chi connectivity index (χ0v) is 12.4. The normalized spacial score (nSPS) is 31.1. The third-order valence-corrected chi connectivity index (χ3v) is 4.63. The van der Waals surface area contributed by atoms with E-state index in [9.17, 15) is 4.79 Å². The van der Waals surface area contributed by atoms with Crippen LogP contribution in [0.1, 0.15) is 46.0 Å². The Balaban J connectivity index is 1.86. The molecule has 2 atom stereocenters. The quantitative estimate of drug-likeness (QED) is 0.664. The Hall–Kier alpha value is -0.450. The van der Waals surface area contributed by atoms with Gasteiger partial charge in [-0.2, -0.15) is 0 Å². The fourth-order valence-electron chi connectivity index (χ4n) is 3.54. The van der Waals surface area contributed by atoms with E-state index in [1.165, 1.54) is 12.8 Å². The van der Waals surface area contributed by atoms with Crippen molar-refractivity contribution in [3.63, 3.8) is 0 Å². The molecule has 0 aliphatic carbocycles. The predicted molar refractivity (Wildman–Crippen MR) is 74.0 cm³/mol. The third-order valence-electron chi connectivity index (χ3n) is 4.63. The second kappa shape index (κ2) is 6.82. The number of nitrogens with zero attached hydrogens (tertiary/aromatic N) is 1. The van der Waals surface area contributed by atoms with E-state index < -0.39 is 0 Å². The van der Waals surface area contributed by atoms with Crippen molar-refractivity contribution in [1.82, 2.24) is 4.90 Å². The van der Waals surface area contributed by atoms with Gasteiger partial charge in [0.25, 0.3) is 0 Å². The molecule has 0 aromatic carbocycles. The topological polar surface area (TPSA) is 38.8 Å². The van der Waals surface area contributed by atoms with Crippen molar-refractivity contribution in [2.45, 2.75) is 64.3 Å². The average molecular weight is 269 g/mol. The van der Waals surface area contributed by atoms with Crippen LogP contribution in [0, 0.1) is 5.92 Å². The summed E-state index contributed by atoms with van der Waals surface area (Å²) in [6.45, 7) is 5.06. The Kier molecular flexibility index (Phi) is 5.37. The number of fused-ring (bicyclic) bond motifs is 2. The summed E-state index contributed by atoms with van der Waals surface area (Å²) >= 11 is 0. The number of piperidine rings is 1. The first kappa shape index (κ1) is 14.9. The zero-order chi connectivity index (χ0) is 13.8. The van der Waals surface area contributed by atoms with Gasteiger partial charge in [-0.3, -0.25) is 4.79 Å². The minimum Gasteiger partial charge on any atom is -0.352 e. The van der Waals surface area contributed by atoms with Gasteiger partial charge >= 0.3 is 0 Å². The molecule has 19 heavy (non-hydrogen) atoms. The minimum atomic E-state index is -0.347. The van der Waals surface area contributed by atoms with Gasteiger partial charge in [0.2, 0.25) is 0 Å². The zero-order valence-electron chi connectivity index (χ0n) is 12.4. The summed E-state index contributed by atoms with van der Waals surface area (Å²) in [5.74, 6) is 0.550. The molecule has 2 aliphatic heterocycles. The van der Waals surface area contributed by atoms with Gasteiger partial charge < -0.3 is 14.4 Å². The lowest BCUT2D eigenvalue weighted by atomic mass is 9.86. The van der Waals surface area contributed by atoms with Crippen LogP contribution in [-0.2, 0) is 14.3 Å². The predicted octanol–water partition coefficient (Wildman–Crippen LogP) is 2.22. The van der Waals surface area contributed by atoms with Gasteiger partial charge in [0.15, 0.2) is 6.29 Å². The van der Waals surface area contributed by atoms with Crippen molar-refractivity contribution in [3.05, 3.63) is 0 Å². The van der Waals surface area contributed by atoms with Crippen LogP contribution in [0.3, 0.4) is 0 Å². The summed E-state index contributed by atoms with van der Waals surface area (Å²) in [4.78, 5) is 14.9. The van der Waals surface area contributed by atoms with Crippen molar-refractivity contribution in [2.24, 2.45) is 5.92 Å². The molecular formula is C15H27NO3. The van der Waals surface area contributed by atoms with Crippen LogP contribution in [0.5, 0.6) is 0 Å². The van der Waals surface area contributed by atoms with Crippen molar-refractivity contribution in [3.8, 4) is 0 Å². The molecule has 0 radical (unpaired) electrons. The maximum Gasteiger partial charge on any atom is 0.164 e. The Labute approximate surface area is 116 Å². The van der Waals surface area contributed by atoms with E-state index in [1.807, 2.05) is 13.8 Å². The van der Waals surface area contributed by atoms with Crippen LogP contribution in [0.15, 0.2) is 0 Å². The first-order valence-corrected chi connectivity index (χ1v) is 7.63. The van der Waals surface area contributed by atoms with Crippen molar-refractivity contribution in [1.29, 1.82) is 0 Å². The number of ketones is 1. The molecule has 0 spiro atoms. The third kappa shape index (κ3) is 3.56. The molecule has 2 unspecified atom stereocenters. The molecule has 2 heterocycles. The van der Waals surface area contributed by atoms with Gasteiger partial charge in [-0.05, 0) is 46.6 Å². The van der Waals surface area contributed by atoms with E-state index in [0.29, 0.717) is 37.5 Å². The van der Waals surface area contributed by atoms with E-state index in [1.54, 1.807) is 0 Å². The summed E-state index contributed by atoms with van der Waals surface area (Å²) in [6.07, 6.45) is 4.62. The monoisotopic (exact) mass is 269 g/mol. The maximum absolute atomic E-state index is 12.4. The molecule has 2 aliphatic rings. The number of hydrogen-bond donors (Lipinski definition) is 0. The van der Waals surface area contributed by atoms with Gasteiger partial charge in [-0.25, -0.2) is 0 Å². The van der Waals surface area contributed by atoms with Crippen LogP contribution in [0.2, 0.25) is 0 Å². The van der Waals surface area contributed by atoms with Crippen LogP contribution in [-0.4, -0.2) is 49.3 Å². The highest BCUT2D eigenvalue weighted by molar-refractivity contribution is 5.81. The molecule has 0 N–H and O–H groups in total. The van der Waals surface area contributed by atoms with Crippen LogP contribution in [0.25, 0.3) is 0 Å². The molecule has 0 aromatic rings. The van der Waals surface area contributed by atoms with Crippen molar-refractivity contribution >= 4 is 5.78 Å². The molecule has 0 amide bonds. The summed E-state index contributed by atoms with van der Waals surface area (Å²) in [5, 5.41) is 0. The summed E-state index contributed by atoms with van der Waals surface area (Å²) in [5.41, 5.74) is 0. The highest BCUT2D eigenvalue weighted by Crippen LogP contribution is 2.38. The Bertz CT molecular complexity index is 288. The van der Waals surface area contributed by atoms with E-state index in [4.69, 9.17) is 9.47 Å². The van der Waals surface area contributed by atoms with Gasteiger partial charge in [-0.1, -0.05) is 0 Å². The molecule has 0 saturated carbocycles. The molecule has 2 saturated heterocycles. The number of rotatable bonds is 7. The van der Waals surface area contributed by atoms with Crippen molar-refractivity contribution < 1.29 is 14.3 Å². The highest BCUT2D eigenvalue weighted by atomic mass is 16.7. The first-order valence-electron chi connectivity index (χ1n) is 7.63. The standard InChI is InChI=1S/C15H27NO3/c1-4-18-15(19-5-2)10-14(17)11-8-12-6-7-13(9-11)16(12)3/h11-13,15H,4-10H2,1-3H3. The number of ether oxygens (including phenoxy) is 2. The van der Waals surface area contributed by atoms with Crippen molar-refractivity contribution in [2.75, 3.05) is 20.3 Å². The maximum atomic E-state index is 12.4. The summed E-state index contributed by atoms with van der Waals surface area (Å²) in [6, 6.07) is 1.23. The molecule has 2 bridgehead atoms. The molecule has 110 valence electrons. The largest absolute Gasteiger partial charge is 0.352 e. The Morgan fingerprint density at radius 1 is 1.16 bits per heavy atom. The van der Waals surface area contributed by atoms with Crippen LogP contribution < -0.4 is 0 Å². The number of carbonyl (C=O) groups is 1. The molecular weight excluding hydrogens is 242 g/mol. The molecule has 4 heteroatoms. The lowest BCUT2D eigenvalue weighted by molar-refractivity contribution is -0.155. The highest BCUT2D eigenvalue weighted by Gasteiger charge is 2.41. The second-order valence-corrected chi connectivity index (χ2v) is 5.73. The van der Waals surface area contributed by atoms with Gasteiger partial charge in [-0.15, -0.1) is 0 Å². The molecule has 0 aromatic heterocycles. The minimum absolute atomic E-state index is 0.220. The molecule has 4 nitrogen and oxygen atoms in total. The SMILES string of the molecule is CCOC(CC(=O)C1CC2CCC(C1)N2C)OCC. The fraction of sp³-hybridized carbons (Fsp3) is 0.933. The van der Waals surface area contributed by atoms with Gasteiger partial charge in [0.1, 0.15) is 5.78 Å². The van der Waals surface area contributed by atoms with E-state index in [-0.39, 0.29) is 12.2 Å². The van der Waals surface area contributed by atoms with E-state index in [0.717, 1.165) is 12.8 Å². The number of carbonyl (C=O) groups excluding carboxylic acids is 1. The van der Waals surface area contributed by atoms with Gasteiger partial charge in [0, 0.05) is 31.2 Å². The van der Waals surface area contributed by atoms with E-state index >= 15 is 0 Å². The lowest BCUT2D eigenvalue weighted by Gasteiger charge is -2.36. The van der Waals surface area contributed by atoms with Crippen LogP contribution in [0.4, 0.5) is 0 Å². The van der Waals surface area contributed by atoms with Gasteiger partial charge in [0.05, 0.1) is 6.42 Å². The van der Waals surface area contributed by atoms with Crippen LogP contribution >= 0.6 is 0 Å². The summed E-state index contributed by atoms with van der Waals surface area (Å²) in [7, 11) is 2.20.